The molecule has 0 heterocycles. The molecule has 0 fully saturated rings. The number of rotatable bonds is 9. The van der Waals surface area contributed by atoms with Crippen LogP contribution in [0.15, 0.2) is 29.2 Å². The molecule has 1 atom stereocenters. The van der Waals surface area contributed by atoms with E-state index in [0.29, 0.717) is 30.2 Å². The molecule has 0 aliphatic carbocycles. The molecule has 0 aliphatic rings. The lowest BCUT2D eigenvalue weighted by Gasteiger charge is -2.10. The van der Waals surface area contributed by atoms with Gasteiger partial charge in [0.1, 0.15) is 0 Å². The van der Waals surface area contributed by atoms with E-state index in [4.69, 9.17) is 16.3 Å². The van der Waals surface area contributed by atoms with Gasteiger partial charge in [-0.3, -0.25) is 4.79 Å². The molecule has 1 aromatic carbocycles. The zero-order chi connectivity index (χ0) is 14.8. The van der Waals surface area contributed by atoms with E-state index in [-0.39, 0.29) is 12.5 Å². The van der Waals surface area contributed by atoms with Crippen LogP contribution < -0.4 is 5.32 Å². The maximum Gasteiger partial charge on any atom is 0.220 e. The second kappa shape index (κ2) is 10.0. The van der Waals surface area contributed by atoms with Crippen LogP contribution >= 0.6 is 23.4 Å². The van der Waals surface area contributed by atoms with Gasteiger partial charge < -0.3 is 15.2 Å². The average Bonchev–Trinajstić information content (AvgIpc) is 2.41. The number of nitrogens with one attached hydrogen (secondary N) is 1. The summed E-state index contributed by atoms with van der Waals surface area (Å²) < 4.78 is 4.81. The van der Waals surface area contributed by atoms with Crippen LogP contribution in [0.4, 0.5) is 0 Å². The van der Waals surface area contributed by atoms with Crippen molar-refractivity contribution in [1.82, 2.24) is 5.32 Å². The molecular formula is C14H20ClNO3S. The SMILES string of the molecule is COCC(O)CCNC(=O)CCSc1ccccc1Cl. The van der Waals surface area contributed by atoms with Gasteiger partial charge in [0, 0.05) is 30.7 Å². The molecule has 2 N–H and O–H groups in total. The highest BCUT2D eigenvalue weighted by Gasteiger charge is 2.06. The number of ether oxygens (including phenoxy) is 1. The number of aliphatic hydroxyl groups excluding tert-OH is 1. The van der Waals surface area contributed by atoms with Crippen molar-refractivity contribution in [3.63, 3.8) is 0 Å². The summed E-state index contributed by atoms with van der Waals surface area (Å²) in [6.07, 6.45) is 0.394. The van der Waals surface area contributed by atoms with Crippen molar-refractivity contribution in [3.05, 3.63) is 29.3 Å². The van der Waals surface area contributed by atoms with Gasteiger partial charge in [-0.1, -0.05) is 23.7 Å². The van der Waals surface area contributed by atoms with Gasteiger partial charge in [0.25, 0.3) is 0 Å². The number of aliphatic hydroxyl groups is 1. The minimum atomic E-state index is -0.530. The molecule has 1 rings (SSSR count). The first-order chi connectivity index (χ1) is 9.63. The average molecular weight is 318 g/mol. The van der Waals surface area contributed by atoms with E-state index >= 15 is 0 Å². The number of methoxy groups -OCH3 is 1. The molecule has 6 heteroatoms. The molecule has 1 aromatic rings. The first-order valence-corrected chi connectivity index (χ1v) is 7.81. The number of carbonyl (C=O) groups is 1. The highest BCUT2D eigenvalue weighted by molar-refractivity contribution is 7.99. The van der Waals surface area contributed by atoms with E-state index in [1.54, 1.807) is 11.8 Å². The number of hydrogen-bond donors (Lipinski definition) is 2. The lowest BCUT2D eigenvalue weighted by Crippen LogP contribution is -2.28. The summed E-state index contributed by atoms with van der Waals surface area (Å²) in [5.74, 6) is 0.657. The fourth-order valence-corrected chi connectivity index (χ4v) is 2.75. The van der Waals surface area contributed by atoms with E-state index in [0.717, 1.165) is 4.90 Å². The minimum Gasteiger partial charge on any atom is -0.391 e. The van der Waals surface area contributed by atoms with Crippen LogP contribution in [0.5, 0.6) is 0 Å². The quantitative estimate of drug-likeness (QED) is 0.686. The Kier molecular flexibility index (Phi) is 8.69. The Hall–Kier alpha value is -0.750. The summed E-state index contributed by atoms with van der Waals surface area (Å²) >= 11 is 7.59. The molecule has 0 spiro atoms. The lowest BCUT2D eigenvalue weighted by atomic mass is 10.2. The molecular weight excluding hydrogens is 298 g/mol. The summed E-state index contributed by atoms with van der Waals surface area (Å²) in [6, 6.07) is 7.57. The number of halogens is 1. The summed E-state index contributed by atoms with van der Waals surface area (Å²) in [5, 5.41) is 12.9. The van der Waals surface area contributed by atoms with Crippen molar-refractivity contribution in [2.24, 2.45) is 0 Å². The van der Waals surface area contributed by atoms with Crippen LogP contribution in [0.1, 0.15) is 12.8 Å². The lowest BCUT2D eigenvalue weighted by molar-refractivity contribution is -0.120. The van der Waals surface area contributed by atoms with Crippen molar-refractivity contribution in [3.8, 4) is 0 Å². The third-order valence-electron chi connectivity index (χ3n) is 2.58. The van der Waals surface area contributed by atoms with Crippen molar-refractivity contribution in [2.75, 3.05) is 26.0 Å². The van der Waals surface area contributed by atoms with Gasteiger partial charge in [-0.05, 0) is 18.6 Å². The molecule has 1 unspecified atom stereocenters. The van der Waals surface area contributed by atoms with E-state index in [2.05, 4.69) is 5.32 Å². The fraction of sp³-hybridized carbons (Fsp3) is 0.500. The third kappa shape index (κ3) is 7.14. The predicted molar refractivity (Wildman–Crippen MR) is 82.3 cm³/mol. The molecule has 0 aliphatic heterocycles. The molecule has 4 nitrogen and oxygen atoms in total. The molecule has 0 aromatic heterocycles. The van der Waals surface area contributed by atoms with E-state index in [1.165, 1.54) is 7.11 Å². The van der Waals surface area contributed by atoms with Crippen molar-refractivity contribution >= 4 is 29.3 Å². The first kappa shape index (κ1) is 17.3. The van der Waals surface area contributed by atoms with Crippen molar-refractivity contribution in [1.29, 1.82) is 0 Å². The summed E-state index contributed by atoms with van der Waals surface area (Å²) in [7, 11) is 1.54. The van der Waals surface area contributed by atoms with Crippen LogP contribution in [-0.2, 0) is 9.53 Å². The van der Waals surface area contributed by atoms with Crippen LogP contribution in [0, 0.1) is 0 Å². The zero-order valence-electron chi connectivity index (χ0n) is 11.5. The van der Waals surface area contributed by atoms with E-state index < -0.39 is 6.10 Å². The molecule has 0 bridgehead atoms. The number of hydrogen-bond acceptors (Lipinski definition) is 4. The summed E-state index contributed by atoms with van der Waals surface area (Å²) in [6.45, 7) is 0.748. The van der Waals surface area contributed by atoms with Gasteiger partial charge >= 0.3 is 0 Å². The van der Waals surface area contributed by atoms with Gasteiger partial charge in [0.05, 0.1) is 17.7 Å². The summed E-state index contributed by atoms with van der Waals surface area (Å²) in [4.78, 5) is 12.6. The third-order valence-corrected chi connectivity index (χ3v) is 4.10. The maximum atomic E-state index is 11.6. The monoisotopic (exact) mass is 317 g/mol. The number of amides is 1. The highest BCUT2D eigenvalue weighted by atomic mass is 35.5. The van der Waals surface area contributed by atoms with Gasteiger partial charge in [-0.15, -0.1) is 11.8 Å². The second-order valence-corrected chi connectivity index (χ2v) is 5.82. The van der Waals surface area contributed by atoms with Crippen LogP contribution in [0.3, 0.4) is 0 Å². The Bertz CT molecular complexity index is 417. The predicted octanol–water partition coefficient (Wildman–Crippen LogP) is 2.34. The van der Waals surface area contributed by atoms with Crippen LogP contribution in [0.2, 0.25) is 5.02 Å². The Morgan fingerprint density at radius 1 is 1.50 bits per heavy atom. The first-order valence-electron chi connectivity index (χ1n) is 6.44. The fourth-order valence-electron chi connectivity index (χ4n) is 1.56. The largest absolute Gasteiger partial charge is 0.391 e. The zero-order valence-corrected chi connectivity index (χ0v) is 13.0. The van der Waals surface area contributed by atoms with Gasteiger partial charge in [-0.2, -0.15) is 0 Å². The highest BCUT2D eigenvalue weighted by Crippen LogP contribution is 2.26. The Morgan fingerprint density at radius 3 is 2.95 bits per heavy atom. The second-order valence-electron chi connectivity index (χ2n) is 4.28. The number of benzene rings is 1. The van der Waals surface area contributed by atoms with Crippen LogP contribution in [-0.4, -0.2) is 43.1 Å². The molecule has 0 radical (unpaired) electrons. The number of carbonyl (C=O) groups excluding carboxylic acids is 1. The van der Waals surface area contributed by atoms with Crippen molar-refractivity contribution < 1.29 is 14.6 Å². The standard InChI is InChI=1S/C14H20ClNO3S/c1-19-10-11(17)6-8-16-14(18)7-9-20-13-5-3-2-4-12(13)15/h2-5,11,17H,6-10H2,1H3,(H,16,18). The van der Waals surface area contributed by atoms with Crippen molar-refractivity contribution in [2.45, 2.75) is 23.8 Å². The Labute approximate surface area is 128 Å². The van der Waals surface area contributed by atoms with E-state index in [1.807, 2.05) is 24.3 Å². The summed E-state index contributed by atoms with van der Waals surface area (Å²) in [5.41, 5.74) is 0. The Balaban J connectivity index is 2.13. The molecule has 20 heavy (non-hydrogen) atoms. The van der Waals surface area contributed by atoms with Gasteiger partial charge in [-0.25, -0.2) is 0 Å². The molecule has 112 valence electrons. The smallest absolute Gasteiger partial charge is 0.220 e. The Morgan fingerprint density at radius 2 is 2.25 bits per heavy atom. The topological polar surface area (TPSA) is 58.6 Å². The van der Waals surface area contributed by atoms with Gasteiger partial charge in [0.2, 0.25) is 5.91 Å². The number of thioether (sulfide) groups is 1. The van der Waals surface area contributed by atoms with Crippen LogP contribution in [0.25, 0.3) is 0 Å². The van der Waals surface area contributed by atoms with E-state index in [9.17, 15) is 9.90 Å². The minimum absolute atomic E-state index is 0.0193. The molecule has 1 amide bonds. The molecule has 0 saturated heterocycles. The maximum absolute atomic E-state index is 11.6. The normalized spacial score (nSPS) is 12.2. The molecule has 0 saturated carbocycles. The van der Waals surface area contributed by atoms with Gasteiger partial charge in [0.15, 0.2) is 0 Å².